The van der Waals surface area contributed by atoms with E-state index in [9.17, 15) is 9.59 Å². The molecule has 0 rings (SSSR count). The van der Waals surface area contributed by atoms with E-state index in [2.05, 4.69) is 6.58 Å². The van der Waals surface area contributed by atoms with Gasteiger partial charge in [-0.05, 0) is 25.7 Å². The van der Waals surface area contributed by atoms with Crippen LogP contribution in [0.3, 0.4) is 0 Å². The molecule has 0 aliphatic heterocycles. The van der Waals surface area contributed by atoms with Gasteiger partial charge >= 0.3 is 11.9 Å². The number of carboxylic acid groups (broad SMARTS) is 1. The standard InChI is InChI=1S/C27H50O4/c1-3-5-6-7-8-9-10-11-12-13-14-15-16-17-18-19-20-21-22-25(24-26(28)29)27(30)31-23-4-2/h3,25H,1,4-24H2,2H3,(H,28,29). The highest BCUT2D eigenvalue weighted by molar-refractivity contribution is 5.79. The summed E-state index contributed by atoms with van der Waals surface area (Å²) in [5.41, 5.74) is 0. The van der Waals surface area contributed by atoms with Crippen molar-refractivity contribution in [2.75, 3.05) is 6.61 Å². The van der Waals surface area contributed by atoms with Crippen molar-refractivity contribution in [2.24, 2.45) is 5.92 Å². The molecule has 0 aliphatic rings. The molecule has 0 fully saturated rings. The summed E-state index contributed by atoms with van der Waals surface area (Å²) < 4.78 is 5.14. The third-order valence-corrected chi connectivity index (χ3v) is 5.91. The number of esters is 1. The number of aliphatic carboxylic acids is 1. The monoisotopic (exact) mass is 438 g/mol. The van der Waals surface area contributed by atoms with Crippen LogP contribution >= 0.6 is 0 Å². The molecule has 31 heavy (non-hydrogen) atoms. The van der Waals surface area contributed by atoms with Crippen LogP contribution in [0.5, 0.6) is 0 Å². The maximum atomic E-state index is 12.0. The predicted molar refractivity (Wildman–Crippen MR) is 130 cm³/mol. The Morgan fingerprint density at radius 1 is 0.774 bits per heavy atom. The molecule has 0 saturated carbocycles. The third kappa shape index (κ3) is 21.7. The number of carbonyl (C=O) groups excluding carboxylic acids is 1. The lowest BCUT2D eigenvalue weighted by atomic mass is 9.97. The fraction of sp³-hybridized carbons (Fsp3) is 0.852. The summed E-state index contributed by atoms with van der Waals surface area (Å²) in [7, 11) is 0. The summed E-state index contributed by atoms with van der Waals surface area (Å²) >= 11 is 0. The predicted octanol–water partition coefficient (Wildman–Crippen LogP) is 8.24. The number of carboxylic acids is 1. The zero-order valence-electron chi connectivity index (χ0n) is 20.4. The Bertz CT molecular complexity index is 433. The number of unbranched alkanes of at least 4 members (excludes halogenated alkanes) is 16. The largest absolute Gasteiger partial charge is 0.481 e. The lowest BCUT2D eigenvalue weighted by Crippen LogP contribution is -2.21. The van der Waals surface area contributed by atoms with Crippen molar-refractivity contribution in [1.82, 2.24) is 0 Å². The number of allylic oxidation sites excluding steroid dienone is 1. The average molecular weight is 439 g/mol. The maximum absolute atomic E-state index is 12.0. The van der Waals surface area contributed by atoms with Gasteiger partial charge in [-0.25, -0.2) is 0 Å². The van der Waals surface area contributed by atoms with Gasteiger partial charge in [-0.3, -0.25) is 9.59 Å². The van der Waals surface area contributed by atoms with Crippen LogP contribution in [-0.4, -0.2) is 23.7 Å². The molecule has 1 N–H and O–H groups in total. The van der Waals surface area contributed by atoms with Gasteiger partial charge in [0.15, 0.2) is 0 Å². The highest BCUT2D eigenvalue weighted by Gasteiger charge is 2.22. The summed E-state index contributed by atoms with van der Waals surface area (Å²) in [6, 6.07) is 0. The zero-order chi connectivity index (χ0) is 23.0. The second-order valence-corrected chi connectivity index (χ2v) is 8.99. The number of hydrogen-bond acceptors (Lipinski definition) is 3. The van der Waals surface area contributed by atoms with E-state index in [1.807, 2.05) is 13.0 Å². The Labute approximate surface area is 192 Å². The molecule has 0 bridgehead atoms. The number of carbonyl (C=O) groups is 2. The van der Waals surface area contributed by atoms with Crippen molar-refractivity contribution < 1.29 is 19.4 Å². The van der Waals surface area contributed by atoms with Gasteiger partial charge in [-0.1, -0.05) is 109 Å². The summed E-state index contributed by atoms with van der Waals surface area (Å²) in [6.07, 6.45) is 25.3. The minimum absolute atomic E-state index is 0.113. The number of hydrogen-bond donors (Lipinski definition) is 1. The quantitative estimate of drug-likeness (QED) is 0.0936. The summed E-state index contributed by atoms with van der Waals surface area (Å²) in [4.78, 5) is 22.9. The number of rotatable bonds is 24. The zero-order valence-corrected chi connectivity index (χ0v) is 20.4. The van der Waals surface area contributed by atoms with Crippen LogP contribution in [0, 0.1) is 5.92 Å². The Kier molecular flexibility index (Phi) is 22.4. The Morgan fingerprint density at radius 3 is 1.58 bits per heavy atom. The van der Waals surface area contributed by atoms with Gasteiger partial charge in [-0.15, -0.1) is 6.58 Å². The van der Waals surface area contributed by atoms with E-state index < -0.39 is 11.9 Å². The molecule has 4 heteroatoms. The molecule has 0 aromatic carbocycles. The van der Waals surface area contributed by atoms with E-state index in [0.29, 0.717) is 13.0 Å². The second kappa shape index (κ2) is 23.3. The molecule has 0 spiro atoms. The van der Waals surface area contributed by atoms with E-state index in [0.717, 1.165) is 19.3 Å². The topological polar surface area (TPSA) is 63.6 Å². The van der Waals surface area contributed by atoms with Gasteiger partial charge in [0, 0.05) is 0 Å². The highest BCUT2D eigenvalue weighted by Crippen LogP contribution is 2.18. The van der Waals surface area contributed by atoms with Crippen LogP contribution in [0.2, 0.25) is 0 Å². The van der Waals surface area contributed by atoms with Crippen molar-refractivity contribution >= 4 is 11.9 Å². The third-order valence-electron chi connectivity index (χ3n) is 5.91. The molecule has 0 radical (unpaired) electrons. The molecule has 0 aliphatic carbocycles. The molecule has 1 unspecified atom stereocenters. The fourth-order valence-electron chi connectivity index (χ4n) is 3.99. The molecule has 4 nitrogen and oxygen atoms in total. The van der Waals surface area contributed by atoms with Crippen LogP contribution < -0.4 is 0 Å². The molecule has 0 aromatic heterocycles. The second-order valence-electron chi connectivity index (χ2n) is 8.99. The molecule has 0 heterocycles. The normalized spacial score (nSPS) is 11.9. The average Bonchev–Trinajstić information content (AvgIpc) is 2.75. The van der Waals surface area contributed by atoms with Crippen molar-refractivity contribution in [3.8, 4) is 0 Å². The Balaban J connectivity index is 3.43. The lowest BCUT2D eigenvalue weighted by Gasteiger charge is -2.13. The SMILES string of the molecule is C=CCCCCCCCCCCCCCCCCCCC(CC(=O)O)C(=O)OCCC. The molecular formula is C27H50O4. The van der Waals surface area contributed by atoms with Crippen LogP contribution in [0.25, 0.3) is 0 Å². The van der Waals surface area contributed by atoms with Crippen molar-refractivity contribution in [3.05, 3.63) is 12.7 Å². The summed E-state index contributed by atoms with van der Waals surface area (Å²) in [6.45, 7) is 6.09. The van der Waals surface area contributed by atoms with Crippen LogP contribution in [0.15, 0.2) is 12.7 Å². The molecule has 1 atom stereocenters. The van der Waals surface area contributed by atoms with Crippen molar-refractivity contribution in [2.45, 2.75) is 135 Å². The van der Waals surface area contributed by atoms with Crippen LogP contribution in [0.1, 0.15) is 135 Å². The highest BCUT2D eigenvalue weighted by atomic mass is 16.5. The first kappa shape index (κ1) is 29.7. The minimum Gasteiger partial charge on any atom is -0.481 e. The molecule has 0 amide bonds. The van der Waals surface area contributed by atoms with Crippen LogP contribution in [-0.2, 0) is 14.3 Å². The first-order valence-corrected chi connectivity index (χ1v) is 13.1. The maximum Gasteiger partial charge on any atom is 0.309 e. The van der Waals surface area contributed by atoms with Gasteiger partial charge in [-0.2, -0.15) is 0 Å². The first-order chi connectivity index (χ1) is 15.1. The van der Waals surface area contributed by atoms with Gasteiger partial charge in [0.1, 0.15) is 0 Å². The van der Waals surface area contributed by atoms with Crippen molar-refractivity contribution in [1.29, 1.82) is 0 Å². The summed E-state index contributed by atoms with van der Waals surface area (Å²) in [5, 5.41) is 9.00. The van der Waals surface area contributed by atoms with Crippen molar-refractivity contribution in [3.63, 3.8) is 0 Å². The molecule has 0 aromatic rings. The van der Waals surface area contributed by atoms with Gasteiger partial charge in [0.25, 0.3) is 0 Å². The van der Waals surface area contributed by atoms with Gasteiger partial charge in [0.05, 0.1) is 18.9 Å². The fourth-order valence-corrected chi connectivity index (χ4v) is 3.99. The van der Waals surface area contributed by atoms with E-state index >= 15 is 0 Å². The number of ether oxygens (including phenoxy) is 1. The minimum atomic E-state index is -0.919. The van der Waals surface area contributed by atoms with Gasteiger partial charge < -0.3 is 9.84 Å². The summed E-state index contributed by atoms with van der Waals surface area (Å²) in [5.74, 6) is -1.74. The molecular weight excluding hydrogens is 388 g/mol. The van der Waals surface area contributed by atoms with Gasteiger partial charge in [0.2, 0.25) is 0 Å². The lowest BCUT2D eigenvalue weighted by molar-refractivity contribution is -0.153. The Hall–Kier alpha value is -1.32. The van der Waals surface area contributed by atoms with E-state index in [1.165, 1.54) is 96.3 Å². The molecule has 0 saturated heterocycles. The van der Waals surface area contributed by atoms with Crippen LogP contribution in [0.4, 0.5) is 0 Å². The van der Waals surface area contributed by atoms with E-state index in [1.54, 1.807) is 0 Å². The molecule has 182 valence electrons. The van der Waals surface area contributed by atoms with E-state index in [4.69, 9.17) is 9.84 Å². The smallest absolute Gasteiger partial charge is 0.309 e. The van der Waals surface area contributed by atoms with E-state index in [-0.39, 0.29) is 12.4 Å². The first-order valence-electron chi connectivity index (χ1n) is 13.1. The Morgan fingerprint density at radius 2 is 1.19 bits per heavy atom.